The fourth-order valence-corrected chi connectivity index (χ4v) is 3.83. The van der Waals surface area contributed by atoms with E-state index in [1.54, 1.807) is 6.92 Å². The van der Waals surface area contributed by atoms with Crippen molar-refractivity contribution in [2.45, 2.75) is 32.2 Å². The molecular weight excluding hydrogens is 340 g/mol. The zero-order valence-corrected chi connectivity index (χ0v) is 15.7. The van der Waals surface area contributed by atoms with E-state index in [2.05, 4.69) is 46.6 Å². The SMILES string of the molecule is CC(=O)NCc1ccc(C2CCN(c3ccc4c(c3)OCCO4)CC2)cc1. The van der Waals surface area contributed by atoms with E-state index in [1.807, 2.05) is 6.07 Å². The number of amides is 1. The quantitative estimate of drug-likeness (QED) is 0.900. The number of ether oxygens (including phenoxy) is 2. The van der Waals surface area contributed by atoms with E-state index in [4.69, 9.17) is 9.47 Å². The first-order valence-electron chi connectivity index (χ1n) is 9.67. The van der Waals surface area contributed by atoms with Gasteiger partial charge in [0.05, 0.1) is 0 Å². The smallest absolute Gasteiger partial charge is 0.217 e. The van der Waals surface area contributed by atoms with Crippen LogP contribution in [-0.4, -0.2) is 32.2 Å². The van der Waals surface area contributed by atoms with Crippen molar-refractivity contribution < 1.29 is 14.3 Å². The van der Waals surface area contributed by atoms with Crippen LogP contribution in [0.4, 0.5) is 5.69 Å². The number of nitrogens with one attached hydrogen (secondary N) is 1. The second kappa shape index (κ2) is 7.91. The lowest BCUT2D eigenvalue weighted by Crippen LogP contribution is -2.33. The van der Waals surface area contributed by atoms with Gasteiger partial charge in [-0.15, -0.1) is 0 Å². The van der Waals surface area contributed by atoms with Crippen LogP contribution in [0.1, 0.15) is 36.8 Å². The van der Waals surface area contributed by atoms with Gasteiger partial charge in [0.1, 0.15) is 13.2 Å². The summed E-state index contributed by atoms with van der Waals surface area (Å²) in [5.41, 5.74) is 3.74. The van der Waals surface area contributed by atoms with Crippen molar-refractivity contribution in [3.05, 3.63) is 53.6 Å². The average molecular weight is 366 g/mol. The summed E-state index contributed by atoms with van der Waals surface area (Å²) in [6.45, 7) is 5.47. The Morgan fingerprint density at radius 3 is 2.44 bits per heavy atom. The predicted octanol–water partition coefficient (Wildman–Crippen LogP) is 3.48. The highest BCUT2D eigenvalue weighted by Gasteiger charge is 2.22. The van der Waals surface area contributed by atoms with Gasteiger partial charge in [0, 0.05) is 38.3 Å². The average Bonchev–Trinajstić information content (AvgIpc) is 2.72. The monoisotopic (exact) mass is 366 g/mol. The minimum atomic E-state index is 0.00517. The van der Waals surface area contributed by atoms with Crippen molar-refractivity contribution in [1.29, 1.82) is 0 Å². The zero-order chi connectivity index (χ0) is 18.6. The van der Waals surface area contributed by atoms with Gasteiger partial charge in [0.25, 0.3) is 0 Å². The van der Waals surface area contributed by atoms with Crippen LogP contribution in [0.15, 0.2) is 42.5 Å². The second-order valence-corrected chi connectivity index (χ2v) is 7.24. The van der Waals surface area contributed by atoms with Crippen molar-refractivity contribution in [2.24, 2.45) is 0 Å². The van der Waals surface area contributed by atoms with Crippen LogP contribution in [-0.2, 0) is 11.3 Å². The molecule has 1 amide bonds. The molecule has 27 heavy (non-hydrogen) atoms. The molecule has 0 atom stereocenters. The molecule has 2 heterocycles. The van der Waals surface area contributed by atoms with Crippen LogP contribution in [0.25, 0.3) is 0 Å². The van der Waals surface area contributed by atoms with Crippen LogP contribution in [0.2, 0.25) is 0 Å². The van der Waals surface area contributed by atoms with Gasteiger partial charge in [-0.3, -0.25) is 4.79 Å². The summed E-state index contributed by atoms with van der Waals surface area (Å²) in [4.78, 5) is 13.5. The molecule has 5 heteroatoms. The number of hydrogen-bond acceptors (Lipinski definition) is 4. The highest BCUT2D eigenvalue weighted by atomic mass is 16.6. The van der Waals surface area contributed by atoms with Gasteiger partial charge in [0.15, 0.2) is 11.5 Å². The number of nitrogens with zero attached hydrogens (tertiary/aromatic N) is 1. The van der Waals surface area contributed by atoms with Crippen molar-refractivity contribution in [3.8, 4) is 11.5 Å². The molecule has 0 saturated carbocycles. The van der Waals surface area contributed by atoms with Gasteiger partial charge in [-0.25, -0.2) is 0 Å². The van der Waals surface area contributed by atoms with Gasteiger partial charge >= 0.3 is 0 Å². The van der Waals surface area contributed by atoms with Crippen LogP contribution < -0.4 is 19.7 Å². The van der Waals surface area contributed by atoms with Gasteiger partial charge in [-0.2, -0.15) is 0 Å². The Hall–Kier alpha value is -2.69. The summed E-state index contributed by atoms with van der Waals surface area (Å²) < 4.78 is 11.3. The molecule has 1 fully saturated rings. The van der Waals surface area contributed by atoms with E-state index in [-0.39, 0.29) is 5.91 Å². The number of rotatable bonds is 4. The van der Waals surface area contributed by atoms with Crippen molar-refractivity contribution in [1.82, 2.24) is 5.32 Å². The molecule has 0 unspecified atom stereocenters. The third-order valence-corrected chi connectivity index (χ3v) is 5.38. The number of benzene rings is 2. The van der Waals surface area contributed by atoms with Crippen LogP contribution in [0.5, 0.6) is 11.5 Å². The molecule has 1 N–H and O–H groups in total. The molecule has 5 nitrogen and oxygen atoms in total. The summed E-state index contributed by atoms with van der Waals surface area (Å²) in [6.07, 6.45) is 2.28. The molecule has 2 aromatic carbocycles. The molecule has 2 aliphatic heterocycles. The van der Waals surface area contributed by atoms with Crippen LogP contribution in [0, 0.1) is 0 Å². The largest absolute Gasteiger partial charge is 0.486 e. The standard InChI is InChI=1S/C22H26N2O3/c1-16(25)23-15-17-2-4-18(5-3-17)19-8-10-24(11-9-19)20-6-7-21-22(14-20)27-13-12-26-21/h2-7,14,19H,8-13,15H2,1H3,(H,23,25). The number of fused-ring (bicyclic) bond motifs is 1. The zero-order valence-electron chi connectivity index (χ0n) is 15.7. The maximum atomic E-state index is 11.0. The number of carbonyl (C=O) groups excluding carboxylic acids is 1. The van der Waals surface area contributed by atoms with Crippen molar-refractivity contribution >= 4 is 11.6 Å². The summed E-state index contributed by atoms with van der Waals surface area (Å²) in [7, 11) is 0. The molecule has 142 valence electrons. The minimum Gasteiger partial charge on any atom is -0.486 e. The molecular formula is C22H26N2O3. The van der Waals surface area contributed by atoms with Gasteiger partial charge in [-0.1, -0.05) is 24.3 Å². The molecule has 1 saturated heterocycles. The Morgan fingerprint density at radius 1 is 1.04 bits per heavy atom. The first-order chi connectivity index (χ1) is 13.2. The lowest BCUT2D eigenvalue weighted by molar-refractivity contribution is -0.119. The Kier molecular flexibility index (Phi) is 5.19. The Morgan fingerprint density at radius 2 is 1.74 bits per heavy atom. The van der Waals surface area contributed by atoms with Gasteiger partial charge in [0.2, 0.25) is 5.91 Å². The maximum Gasteiger partial charge on any atom is 0.217 e. The summed E-state index contributed by atoms with van der Waals surface area (Å²) in [5.74, 6) is 2.30. The second-order valence-electron chi connectivity index (χ2n) is 7.24. The van der Waals surface area contributed by atoms with Gasteiger partial charge < -0.3 is 19.7 Å². The topological polar surface area (TPSA) is 50.8 Å². The van der Waals surface area contributed by atoms with Crippen LogP contribution >= 0.6 is 0 Å². The van der Waals surface area contributed by atoms with Gasteiger partial charge in [-0.05, 0) is 42.0 Å². The van der Waals surface area contributed by atoms with E-state index in [1.165, 1.54) is 11.3 Å². The summed E-state index contributed by atoms with van der Waals surface area (Å²) >= 11 is 0. The highest BCUT2D eigenvalue weighted by Crippen LogP contribution is 2.36. The van der Waals surface area contributed by atoms with Crippen LogP contribution in [0.3, 0.4) is 0 Å². The summed E-state index contributed by atoms with van der Waals surface area (Å²) in [5, 5.41) is 2.84. The molecule has 0 aromatic heterocycles. The molecule has 0 aliphatic carbocycles. The highest BCUT2D eigenvalue weighted by molar-refractivity contribution is 5.72. The van der Waals surface area contributed by atoms with Crippen molar-refractivity contribution in [2.75, 3.05) is 31.2 Å². The number of piperidine rings is 1. The first-order valence-corrected chi connectivity index (χ1v) is 9.67. The Labute approximate surface area is 160 Å². The fraction of sp³-hybridized carbons (Fsp3) is 0.409. The van der Waals surface area contributed by atoms with E-state index in [0.717, 1.165) is 43.0 Å². The minimum absolute atomic E-state index is 0.00517. The molecule has 0 radical (unpaired) electrons. The third-order valence-electron chi connectivity index (χ3n) is 5.38. The number of carbonyl (C=O) groups is 1. The molecule has 2 aliphatic rings. The lowest BCUT2D eigenvalue weighted by atomic mass is 9.89. The molecule has 0 bridgehead atoms. The van der Waals surface area contributed by atoms with E-state index in [9.17, 15) is 4.79 Å². The predicted molar refractivity (Wildman–Crippen MR) is 106 cm³/mol. The van der Waals surface area contributed by atoms with E-state index in [0.29, 0.717) is 25.7 Å². The number of anilines is 1. The summed E-state index contributed by atoms with van der Waals surface area (Å²) in [6, 6.07) is 14.9. The molecule has 0 spiro atoms. The third kappa shape index (κ3) is 4.18. The molecule has 4 rings (SSSR count). The molecule has 2 aromatic rings. The number of hydrogen-bond donors (Lipinski definition) is 1. The van der Waals surface area contributed by atoms with Crippen molar-refractivity contribution in [3.63, 3.8) is 0 Å². The maximum absolute atomic E-state index is 11.0. The first kappa shape index (κ1) is 17.7. The Balaban J connectivity index is 1.35. The normalized spacial score (nSPS) is 16.9. The lowest BCUT2D eigenvalue weighted by Gasteiger charge is -2.34. The van der Waals surface area contributed by atoms with E-state index >= 15 is 0 Å². The fourth-order valence-electron chi connectivity index (χ4n) is 3.83. The Bertz CT molecular complexity index is 796. The van der Waals surface area contributed by atoms with E-state index < -0.39 is 0 Å².